The van der Waals surface area contributed by atoms with Gasteiger partial charge in [-0.15, -0.1) is 0 Å². The lowest BCUT2D eigenvalue weighted by Gasteiger charge is -2.28. The molecule has 24 heavy (non-hydrogen) atoms. The molecule has 1 saturated heterocycles. The summed E-state index contributed by atoms with van der Waals surface area (Å²) in [7, 11) is 2.17. The third-order valence-electron chi connectivity index (χ3n) is 3.86. The largest absolute Gasteiger partial charge is 0.391 e. The molecule has 1 aliphatic heterocycles. The van der Waals surface area contributed by atoms with Gasteiger partial charge in [0.05, 0.1) is 17.1 Å². The van der Waals surface area contributed by atoms with Gasteiger partial charge in [0.2, 0.25) is 5.95 Å². The van der Waals surface area contributed by atoms with Crippen molar-refractivity contribution in [3.05, 3.63) is 10.4 Å². The zero-order valence-corrected chi connectivity index (χ0v) is 14.6. The Morgan fingerprint density at radius 1 is 1.38 bits per heavy atom. The smallest absolute Gasteiger partial charge is 0.277 e. The summed E-state index contributed by atoms with van der Waals surface area (Å²) in [5.74, 6) is 0.845. The van der Waals surface area contributed by atoms with E-state index >= 15 is 0 Å². The summed E-state index contributed by atoms with van der Waals surface area (Å²) in [6, 6.07) is 0. The van der Waals surface area contributed by atoms with Gasteiger partial charge in [0.25, 0.3) is 5.56 Å². The maximum Gasteiger partial charge on any atom is 0.277 e. The Kier molecular flexibility index (Phi) is 6.54. The third-order valence-corrected chi connectivity index (χ3v) is 5.41. The van der Waals surface area contributed by atoms with E-state index in [1.54, 1.807) is 14.2 Å². The minimum Gasteiger partial charge on any atom is -0.391 e. The number of ether oxygens (including phenoxy) is 2. The van der Waals surface area contributed by atoms with Gasteiger partial charge in [-0.3, -0.25) is 9.78 Å². The maximum atomic E-state index is 11.9. The number of methoxy groups -OCH3 is 2. The molecule has 0 aliphatic carbocycles. The standard InChI is InChI=1S/C13H24N6O4S/c1-22-8(9(23-2)7-19-4-3-5-24(19)21)6-16-11-10(14)12(20)18-13(15)17-11/h8-9H,3-7,14H2,1-2H3,(H4,15,16,17,18,20)/t8-,9?,24?/m0/s1. The number of nitrogens with zero attached hydrogens (tertiary/aromatic N) is 2. The predicted octanol–water partition coefficient (Wildman–Crippen LogP) is -1.25. The highest BCUT2D eigenvalue weighted by Crippen LogP contribution is 2.15. The Morgan fingerprint density at radius 3 is 2.67 bits per heavy atom. The molecule has 1 aromatic rings. The van der Waals surface area contributed by atoms with Crippen LogP contribution in [0.25, 0.3) is 0 Å². The van der Waals surface area contributed by atoms with Crippen LogP contribution in [0.4, 0.5) is 17.5 Å². The lowest BCUT2D eigenvalue weighted by atomic mass is 10.2. The van der Waals surface area contributed by atoms with Gasteiger partial charge in [-0.25, -0.2) is 8.51 Å². The minimum atomic E-state index is -0.968. The first-order valence-electron chi connectivity index (χ1n) is 7.54. The van der Waals surface area contributed by atoms with Gasteiger partial charge >= 0.3 is 0 Å². The van der Waals surface area contributed by atoms with Crippen LogP contribution in [-0.2, 0) is 20.5 Å². The molecule has 10 nitrogen and oxygen atoms in total. The highest BCUT2D eigenvalue weighted by atomic mass is 32.2. The number of aromatic nitrogens is 2. The van der Waals surface area contributed by atoms with Crippen LogP contribution in [0.1, 0.15) is 6.42 Å². The van der Waals surface area contributed by atoms with Gasteiger partial charge < -0.3 is 26.3 Å². The average molecular weight is 360 g/mol. The summed E-state index contributed by atoms with van der Waals surface area (Å²) in [6.07, 6.45) is 0.255. The van der Waals surface area contributed by atoms with Gasteiger partial charge in [0.1, 0.15) is 11.8 Å². The molecule has 2 rings (SSSR count). The zero-order chi connectivity index (χ0) is 17.7. The van der Waals surface area contributed by atoms with Crippen molar-refractivity contribution in [1.82, 2.24) is 14.3 Å². The lowest BCUT2D eigenvalue weighted by Crippen LogP contribution is -2.44. The molecule has 2 unspecified atom stereocenters. The second-order valence-corrected chi connectivity index (χ2v) is 6.98. The molecule has 0 amide bonds. The summed E-state index contributed by atoms with van der Waals surface area (Å²) in [6.45, 7) is 1.56. The molecule has 1 aromatic heterocycles. The van der Waals surface area contributed by atoms with E-state index in [9.17, 15) is 9.00 Å². The number of hydrogen-bond acceptors (Lipinski definition) is 8. The van der Waals surface area contributed by atoms with Crippen LogP contribution < -0.4 is 22.3 Å². The van der Waals surface area contributed by atoms with E-state index in [-0.39, 0.29) is 29.7 Å². The Bertz CT molecular complexity index is 639. The van der Waals surface area contributed by atoms with Crippen LogP contribution in [0.2, 0.25) is 0 Å². The minimum absolute atomic E-state index is 0.0265. The monoisotopic (exact) mass is 360 g/mol. The third kappa shape index (κ3) is 4.44. The van der Waals surface area contributed by atoms with Crippen molar-refractivity contribution in [3.63, 3.8) is 0 Å². The molecule has 0 bridgehead atoms. The molecule has 11 heteroatoms. The van der Waals surface area contributed by atoms with Crippen LogP contribution in [0.5, 0.6) is 0 Å². The average Bonchev–Trinajstić information content (AvgIpc) is 2.95. The van der Waals surface area contributed by atoms with Crippen LogP contribution in [0.3, 0.4) is 0 Å². The molecule has 0 saturated carbocycles. The van der Waals surface area contributed by atoms with E-state index in [0.717, 1.165) is 13.0 Å². The molecule has 0 spiro atoms. The lowest BCUT2D eigenvalue weighted by molar-refractivity contribution is -0.0346. The van der Waals surface area contributed by atoms with E-state index < -0.39 is 16.5 Å². The Morgan fingerprint density at radius 2 is 2.08 bits per heavy atom. The fourth-order valence-electron chi connectivity index (χ4n) is 2.51. The Hall–Kier alpha value is -1.69. The fourth-order valence-corrected chi connectivity index (χ4v) is 3.79. The molecular formula is C13H24N6O4S. The van der Waals surface area contributed by atoms with E-state index in [1.165, 1.54) is 0 Å². The molecule has 1 aliphatic rings. The van der Waals surface area contributed by atoms with E-state index in [0.29, 0.717) is 18.8 Å². The van der Waals surface area contributed by atoms with Crippen molar-refractivity contribution in [1.29, 1.82) is 0 Å². The normalized spacial score (nSPS) is 20.8. The van der Waals surface area contributed by atoms with Gasteiger partial charge in [-0.2, -0.15) is 4.98 Å². The summed E-state index contributed by atoms with van der Waals surface area (Å²) in [4.78, 5) is 17.9. The predicted molar refractivity (Wildman–Crippen MR) is 93.0 cm³/mol. The van der Waals surface area contributed by atoms with Gasteiger partial charge in [-0.05, 0) is 6.42 Å². The van der Waals surface area contributed by atoms with Crippen molar-refractivity contribution in [2.75, 3.05) is 56.4 Å². The highest BCUT2D eigenvalue weighted by Gasteiger charge is 2.28. The molecule has 136 valence electrons. The van der Waals surface area contributed by atoms with Crippen molar-refractivity contribution < 1.29 is 13.7 Å². The van der Waals surface area contributed by atoms with E-state index in [4.69, 9.17) is 20.9 Å². The van der Waals surface area contributed by atoms with Crippen molar-refractivity contribution >= 4 is 28.4 Å². The number of hydrogen-bond donors (Lipinski definition) is 4. The summed E-state index contributed by atoms with van der Waals surface area (Å²) >= 11 is 0. The number of H-pyrrole nitrogens is 1. The molecule has 1 fully saturated rings. The van der Waals surface area contributed by atoms with Crippen molar-refractivity contribution in [3.8, 4) is 0 Å². The zero-order valence-electron chi connectivity index (χ0n) is 13.8. The number of aromatic amines is 1. The molecule has 6 N–H and O–H groups in total. The molecule has 2 heterocycles. The van der Waals surface area contributed by atoms with Crippen LogP contribution >= 0.6 is 0 Å². The SMILES string of the molecule is COC(CN1CCCS1=O)[C@H](CNc1nc(N)[nH]c(=O)c1N)OC. The number of nitrogens with one attached hydrogen (secondary N) is 2. The van der Waals surface area contributed by atoms with Crippen LogP contribution in [0.15, 0.2) is 4.79 Å². The second-order valence-electron chi connectivity index (χ2n) is 5.41. The number of anilines is 3. The first-order valence-corrected chi connectivity index (χ1v) is 8.82. The van der Waals surface area contributed by atoms with Crippen LogP contribution in [-0.4, -0.2) is 70.3 Å². The van der Waals surface area contributed by atoms with Gasteiger partial charge in [0, 0.05) is 39.6 Å². The van der Waals surface area contributed by atoms with E-state index in [2.05, 4.69) is 15.3 Å². The highest BCUT2D eigenvalue weighted by molar-refractivity contribution is 7.82. The van der Waals surface area contributed by atoms with Gasteiger partial charge in [-0.1, -0.05) is 0 Å². The molecule has 0 radical (unpaired) electrons. The Balaban J connectivity index is 2.02. The first-order chi connectivity index (χ1) is 11.5. The van der Waals surface area contributed by atoms with Gasteiger partial charge in [0.15, 0.2) is 5.82 Å². The number of nitrogen functional groups attached to an aromatic ring is 2. The molecular weight excluding hydrogens is 336 g/mol. The van der Waals surface area contributed by atoms with Crippen molar-refractivity contribution in [2.45, 2.75) is 18.6 Å². The van der Waals surface area contributed by atoms with E-state index in [1.807, 2.05) is 4.31 Å². The van der Waals surface area contributed by atoms with Crippen LogP contribution in [0, 0.1) is 0 Å². The second kappa shape index (κ2) is 8.42. The molecule has 3 atom stereocenters. The quantitative estimate of drug-likeness (QED) is 0.449. The summed E-state index contributed by atoms with van der Waals surface area (Å²) in [5, 5.41) is 2.96. The Labute approximate surface area is 142 Å². The topological polar surface area (TPSA) is 149 Å². The molecule has 0 aromatic carbocycles. The van der Waals surface area contributed by atoms with Crippen molar-refractivity contribution in [2.24, 2.45) is 0 Å². The number of nitrogens with two attached hydrogens (primary N) is 2. The first kappa shape index (κ1) is 18.6. The summed E-state index contributed by atoms with van der Waals surface area (Å²) < 4.78 is 24.7. The number of rotatable bonds is 8. The maximum absolute atomic E-state index is 11.9. The fraction of sp³-hybridized carbons (Fsp3) is 0.692. The summed E-state index contributed by atoms with van der Waals surface area (Å²) in [5.41, 5.74) is 10.7.